The molecule has 1 aliphatic rings. The monoisotopic (exact) mass is 586 g/mol. The topological polar surface area (TPSA) is 108 Å². The van der Waals surface area contributed by atoms with Crippen LogP contribution in [0, 0.1) is 0 Å². The molecule has 3 aromatic rings. The van der Waals surface area contributed by atoms with Crippen LogP contribution in [0.1, 0.15) is 36.0 Å². The zero-order chi connectivity index (χ0) is 30.5. The fourth-order valence-corrected chi connectivity index (χ4v) is 4.15. The maximum absolute atomic E-state index is 12.5. The summed E-state index contributed by atoms with van der Waals surface area (Å²) in [6.45, 7) is 3.69. The van der Waals surface area contributed by atoms with Crippen LogP contribution in [-0.2, 0) is 22.7 Å². The zero-order valence-corrected chi connectivity index (χ0v) is 23.1. The Bertz CT molecular complexity index is 1350. The fourth-order valence-electron chi connectivity index (χ4n) is 4.15. The quantitative estimate of drug-likeness (QED) is 0.254. The Morgan fingerprint density at radius 3 is 2.29 bits per heavy atom. The summed E-state index contributed by atoms with van der Waals surface area (Å²) in [6, 6.07) is 20.8. The third-order valence-electron chi connectivity index (χ3n) is 6.32. The van der Waals surface area contributed by atoms with Crippen molar-refractivity contribution < 1.29 is 42.4 Å². The van der Waals surface area contributed by atoms with Crippen molar-refractivity contribution in [1.82, 2.24) is 4.90 Å². The Morgan fingerprint density at radius 1 is 1.00 bits per heavy atom. The molecule has 8 nitrogen and oxygen atoms in total. The number of hydrogen-bond acceptors (Lipinski definition) is 6. The van der Waals surface area contributed by atoms with Gasteiger partial charge in [0.15, 0.2) is 11.5 Å². The number of carboxylic acids is 1. The van der Waals surface area contributed by atoms with Gasteiger partial charge in [-0.2, -0.15) is 13.2 Å². The van der Waals surface area contributed by atoms with Gasteiger partial charge < -0.3 is 25.0 Å². The number of carboxylic acid groups (broad SMARTS) is 1. The highest BCUT2D eigenvalue weighted by Crippen LogP contribution is 2.27. The Labute approximate surface area is 242 Å². The van der Waals surface area contributed by atoms with E-state index in [-0.39, 0.29) is 11.7 Å². The van der Waals surface area contributed by atoms with Crippen molar-refractivity contribution in [1.29, 1.82) is 0 Å². The van der Waals surface area contributed by atoms with Crippen LogP contribution in [0.2, 0.25) is 0 Å². The highest BCUT2D eigenvalue weighted by molar-refractivity contribution is 6.02. The molecule has 3 aromatic carbocycles. The lowest BCUT2D eigenvalue weighted by Crippen LogP contribution is -2.28. The smallest absolute Gasteiger partial charge is 0.490 e. The minimum atomic E-state index is -5.08. The van der Waals surface area contributed by atoms with Crippen molar-refractivity contribution >= 4 is 23.6 Å². The summed E-state index contributed by atoms with van der Waals surface area (Å²) in [4.78, 5) is 23.9. The molecule has 1 saturated heterocycles. The molecular formula is C31H33F3N2O6. The maximum atomic E-state index is 12.5. The number of rotatable bonds is 9. The molecule has 42 heavy (non-hydrogen) atoms. The van der Waals surface area contributed by atoms with Gasteiger partial charge in [0.1, 0.15) is 12.4 Å². The van der Waals surface area contributed by atoms with E-state index in [9.17, 15) is 23.1 Å². The number of phenolic OH excluding ortho intramolecular Hbond substituents is 1. The number of carbonyl (C=O) groups excluding carboxylic acids is 1. The Balaban J connectivity index is 0.000000616. The van der Waals surface area contributed by atoms with Crippen molar-refractivity contribution in [3.05, 3.63) is 89.5 Å². The van der Waals surface area contributed by atoms with Crippen molar-refractivity contribution in [3.8, 4) is 17.2 Å². The normalized spacial score (nSPS) is 13.6. The summed E-state index contributed by atoms with van der Waals surface area (Å²) in [5.41, 5.74) is 3.57. The van der Waals surface area contributed by atoms with E-state index in [1.165, 1.54) is 51.1 Å². The van der Waals surface area contributed by atoms with Crippen molar-refractivity contribution in [2.45, 2.75) is 38.6 Å². The number of anilines is 1. The standard InChI is InChI=1S/C29H32N2O4.C2HF3O2/c1-34-28-15-11-22(19-27(28)32)12-16-29(33)30-26-8-4-3-7-24(26)21-35-25-13-9-23(10-14-25)20-31-17-5-2-6-18-31;3-2(4,5)1(6)7/h3-4,7-16,19,32H,2,5-6,17-18,20-21H2,1H3,(H,30,33);(H,6,7). The van der Waals surface area contributed by atoms with E-state index in [1.807, 2.05) is 36.4 Å². The summed E-state index contributed by atoms with van der Waals surface area (Å²) in [7, 11) is 1.49. The molecule has 3 N–H and O–H groups in total. The molecule has 4 rings (SSSR count). The molecule has 0 atom stereocenters. The van der Waals surface area contributed by atoms with Gasteiger partial charge in [-0.15, -0.1) is 0 Å². The summed E-state index contributed by atoms with van der Waals surface area (Å²) in [5, 5.41) is 19.9. The van der Waals surface area contributed by atoms with Crippen molar-refractivity contribution in [2.75, 3.05) is 25.5 Å². The Morgan fingerprint density at radius 2 is 1.67 bits per heavy atom. The van der Waals surface area contributed by atoms with E-state index >= 15 is 0 Å². The zero-order valence-electron chi connectivity index (χ0n) is 23.1. The summed E-state index contributed by atoms with van der Waals surface area (Å²) < 4.78 is 42.8. The minimum absolute atomic E-state index is 0.0251. The number of nitrogens with one attached hydrogen (secondary N) is 1. The van der Waals surface area contributed by atoms with Crippen LogP contribution in [-0.4, -0.2) is 53.4 Å². The number of methoxy groups -OCH3 is 1. The first-order valence-corrected chi connectivity index (χ1v) is 13.2. The predicted octanol–water partition coefficient (Wildman–Crippen LogP) is 6.25. The molecule has 1 amide bonds. The van der Waals surface area contributed by atoms with E-state index in [4.69, 9.17) is 19.4 Å². The predicted molar refractivity (Wildman–Crippen MR) is 152 cm³/mol. The van der Waals surface area contributed by atoms with Gasteiger partial charge in [-0.05, 0) is 73.5 Å². The first-order chi connectivity index (χ1) is 20.0. The van der Waals surface area contributed by atoms with Gasteiger partial charge in [0.2, 0.25) is 5.91 Å². The summed E-state index contributed by atoms with van der Waals surface area (Å²) in [5.74, 6) is -1.82. The van der Waals surface area contributed by atoms with Gasteiger partial charge >= 0.3 is 12.1 Å². The van der Waals surface area contributed by atoms with Crippen LogP contribution in [0.4, 0.5) is 18.9 Å². The fraction of sp³-hybridized carbons (Fsp3) is 0.290. The molecule has 11 heteroatoms. The Kier molecular flexibility index (Phi) is 11.8. The van der Waals surface area contributed by atoms with Gasteiger partial charge in [-0.1, -0.05) is 42.8 Å². The van der Waals surface area contributed by atoms with Crippen LogP contribution in [0.3, 0.4) is 0 Å². The Hall–Kier alpha value is -4.51. The van der Waals surface area contributed by atoms with Gasteiger partial charge in [0, 0.05) is 23.9 Å². The molecule has 1 aliphatic heterocycles. The van der Waals surface area contributed by atoms with E-state index in [0.29, 0.717) is 23.6 Å². The van der Waals surface area contributed by atoms with E-state index in [2.05, 4.69) is 22.3 Å². The van der Waals surface area contributed by atoms with Crippen molar-refractivity contribution in [2.24, 2.45) is 0 Å². The second-order valence-electron chi connectivity index (χ2n) is 9.48. The number of carbonyl (C=O) groups is 2. The van der Waals surface area contributed by atoms with Crippen LogP contribution in [0.15, 0.2) is 72.8 Å². The number of aromatic hydroxyl groups is 1. The minimum Gasteiger partial charge on any atom is -0.504 e. The SMILES string of the molecule is COc1ccc(C=CC(=O)Nc2ccccc2COc2ccc(CN3CCCCC3)cc2)cc1O.O=C(O)C(F)(F)F. The van der Waals surface area contributed by atoms with Crippen LogP contribution >= 0.6 is 0 Å². The van der Waals surface area contributed by atoms with Gasteiger partial charge in [0.25, 0.3) is 0 Å². The maximum Gasteiger partial charge on any atom is 0.490 e. The number of likely N-dealkylation sites (tertiary alicyclic amines) is 1. The molecule has 224 valence electrons. The summed E-state index contributed by atoms with van der Waals surface area (Å²) in [6.07, 6.45) is 1.91. The number of benzene rings is 3. The molecular weight excluding hydrogens is 553 g/mol. The molecule has 0 unspecified atom stereocenters. The second kappa shape index (κ2) is 15.5. The lowest BCUT2D eigenvalue weighted by molar-refractivity contribution is -0.192. The van der Waals surface area contributed by atoms with Gasteiger partial charge in [0.05, 0.1) is 7.11 Å². The molecule has 0 aromatic heterocycles. The molecule has 1 fully saturated rings. The van der Waals surface area contributed by atoms with Gasteiger partial charge in [-0.3, -0.25) is 9.69 Å². The lowest BCUT2D eigenvalue weighted by Gasteiger charge is -2.26. The number of aliphatic carboxylic acids is 1. The average molecular weight is 587 g/mol. The number of amides is 1. The molecule has 1 heterocycles. The molecule has 0 saturated carbocycles. The van der Waals surface area contributed by atoms with Crippen LogP contribution in [0.5, 0.6) is 17.2 Å². The van der Waals surface area contributed by atoms with E-state index in [0.717, 1.165) is 17.9 Å². The van der Waals surface area contributed by atoms with Gasteiger partial charge in [-0.25, -0.2) is 4.79 Å². The first-order valence-electron chi connectivity index (χ1n) is 13.2. The number of ether oxygens (including phenoxy) is 2. The number of phenols is 1. The van der Waals surface area contributed by atoms with E-state index < -0.39 is 12.1 Å². The number of para-hydroxylation sites is 1. The molecule has 0 spiro atoms. The molecule has 0 bridgehead atoms. The average Bonchev–Trinajstić information content (AvgIpc) is 2.97. The lowest BCUT2D eigenvalue weighted by atomic mass is 10.1. The highest BCUT2D eigenvalue weighted by Gasteiger charge is 2.38. The van der Waals surface area contributed by atoms with Crippen LogP contribution < -0.4 is 14.8 Å². The third kappa shape index (κ3) is 10.5. The van der Waals surface area contributed by atoms with E-state index in [1.54, 1.807) is 24.3 Å². The number of alkyl halides is 3. The number of nitrogens with zero attached hydrogens (tertiary/aromatic N) is 1. The second-order valence-corrected chi connectivity index (χ2v) is 9.48. The largest absolute Gasteiger partial charge is 0.504 e. The third-order valence-corrected chi connectivity index (χ3v) is 6.32. The summed E-state index contributed by atoms with van der Waals surface area (Å²) >= 11 is 0. The number of hydrogen-bond donors (Lipinski definition) is 3. The van der Waals surface area contributed by atoms with Crippen molar-refractivity contribution in [3.63, 3.8) is 0 Å². The molecule has 0 aliphatic carbocycles. The number of piperidine rings is 1. The molecule has 0 radical (unpaired) electrons. The van der Waals surface area contributed by atoms with Crippen LogP contribution in [0.25, 0.3) is 6.08 Å². The number of halogens is 3. The first kappa shape index (κ1) is 32.0. The highest BCUT2D eigenvalue weighted by atomic mass is 19.4.